The van der Waals surface area contributed by atoms with Crippen LogP contribution in [0.3, 0.4) is 0 Å². The fourth-order valence-electron chi connectivity index (χ4n) is 7.94. The van der Waals surface area contributed by atoms with E-state index in [0.717, 1.165) is 36.0 Å². The van der Waals surface area contributed by atoms with Crippen LogP contribution >= 0.6 is 0 Å². The summed E-state index contributed by atoms with van der Waals surface area (Å²) in [6, 6.07) is 9.21. The number of nitrogens with one attached hydrogen (secondary N) is 2. The van der Waals surface area contributed by atoms with E-state index >= 15 is 0 Å². The number of amides is 4. The molecule has 3 aliphatic rings. The smallest absolute Gasteiger partial charge is 0.407 e. The van der Waals surface area contributed by atoms with Gasteiger partial charge in [0.2, 0.25) is 17.7 Å². The molecule has 1 saturated heterocycles. The van der Waals surface area contributed by atoms with E-state index in [0.29, 0.717) is 50.2 Å². The molecule has 49 heavy (non-hydrogen) atoms. The zero-order valence-corrected chi connectivity index (χ0v) is 29.3. The largest absolute Gasteiger partial charge is 0.465 e. The fraction of sp³-hybridized carbons (Fsp3) is 0.615. The van der Waals surface area contributed by atoms with Crippen LogP contribution in [0.2, 0.25) is 0 Å². The molecule has 0 saturated carbocycles. The Hall–Kier alpha value is -3.95. The number of aromatic nitrogens is 1. The zero-order valence-electron chi connectivity index (χ0n) is 29.3. The average molecular weight is 674 g/mol. The first-order valence-corrected chi connectivity index (χ1v) is 18.8. The number of carbonyl (C=O) groups excluding carboxylic acids is 3. The van der Waals surface area contributed by atoms with Crippen molar-refractivity contribution in [3.05, 3.63) is 53.2 Å². The van der Waals surface area contributed by atoms with Crippen LogP contribution in [-0.2, 0) is 32.6 Å². The summed E-state index contributed by atoms with van der Waals surface area (Å²) in [5, 5.41) is 15.5. The van der Waals surface area contributed by atoms with E-state index in [1.807, 2.05) is 30.3 Å². The number of carboxylic acid groups (broad SMARTS) is 1. The highest BCUT2D eigenvalue weighted by Gasteiger charge is 2.51. The summed E-state index contributed by atoms with van der Waals surface area (Å²) in [4.78, 5) is 59.2. The predicted molar refractivity (Wildman–Crippen MR) is 192 cm³/mol. The molecule has 1 aromatic carbocycles. The summed E-state index contributed by atoms with van der Waals surface area (Å²) < 4.78 is 0. The Labute approximate surface area is 291 Å². The number of likely N-dealkylation sites (tertiary alicyclic amines) is 1. The fourth-order valence-corrected chi connectivity index (χ4v) is 7.94. The van der Waals surface area contributed by atoms with Crippen molar-refractivity contribution in [2.24, 2.45) is 0 Å². The number of anilines is 2. The van der Waals surface area contributed by atoms with Crippen LogP contribution in [0.4, 0.5) is 16.3 Å². The first-order valence-electron chi connectivity index (χ1n) is 18.8. The molecular weight excluding hydrogens is 618 g/mol. The number of piperidine rings is 1. The van der Waals surface area contributed by atoms with Gasteiger partial charge in [-0.2, -0.15) is 0 Å². The number of benzene rings is 1. The lowest BCUT2D eigenvalue weighted by Crippen LogP contribution is -2.53. The molecule has 266 valence electrons. The van der Waals surface area contributed by atoms with E-state index in [9.17, 15) is 24.3 Å². The summed E-state index contributed by atoms with van der Waals surface area (Å²) in [6.45, 7) is 2.78. The van der Waals surface area contributed by atoms with Crippen molar-refractivity contribution >= 4 is 35.3 Å². The Morgan fingerprint density at radius 2 is 1.63 bits per heavy atom. The molecule has 0 bridgehead atoms. The van der Waals surface area contributed by atoms with E-state index in [1.165, 1.54) is 69.1 Å². The van der Waals surface area contributed by atoms with Gasteiger partial charge < -0.3 is 25.5 Å². The maximum atomic E-state index is 13.6. The Balaban J connectivity index is 1.11. The second-order valence-corrected chi connectivity index (χ2v) is 14.4. The number of fused-ring (bicyclic) bond motifs is 3. The molecule has 2 unspecified atom stereocenters. The van der Waals surface area contributed by atoms with Crippen LogP contribution in [0.25, 0.3) is 0 Å². The number of hydrogen-bond acceptors (Lipinski definition) is 5. The third-order valence-electron chi connectivity index (χ3n) is 10.7. The summed E-state index contributed by atoms with van der Waals surface area (Å²) in [6.07, 6.45) is 19.4. The topological polar surface area (TPSA) is 132 Å². The molecule has 3 N–H and O–H groups in total. The normalized spacial score (nSPS) is 19.4. The maximum Gasteiger partial charge on any atom is 0.407 e. The van der Waals surface area contributed by atoms with Crippen LogP contribution in [0, 0.1) is 0 Å². The highest BCUT2D eigenvalue weighted by molar-refractivity contribution is 6.06. The quantitative estimate of drug-likeness (QED) is 0.141. The van der Waals surface area contributed by atoms with Crippen LogP contribution in [0.1, 0.15) is 126 Å². The van der Waals surface area contributed by atoms with E-state index in [2.05, 4.69) is 22.5 Å². The lowest BCUT2D eigenvalue weighted by molar-refractivity contribution is -0.138. The average Bonchev–Trinajstić information content (AvgIpc) is 3.61. The Morgan fingerprint density at radius 1 is 0.959 bits per heavy atom. The Morgan fingerprint density at radius 3 is 2.33 bits per heavy atom. The molecule has 1 fully saturated rings. The number of nitrogens with zero attached hydrogens (tertiary/aromatic N) is 3. The zero-order chi connectivity index (χ0) is 34.6. The van der Waals surface area contributed by atoms with Crippen molar-refractivity contribution in [1.82, 2.24) is 14.8 Å². The molecule has 1 aromatic heterocycles. The van der Waals surface area contributed by atoms with Gasteiger partial charge in [-0.3, -0.25) is 14.4 Å². The highest BCUT2D eigenvalue weighted by Crippen LogP contribution is 2.47. The number of hydrogen-bond donors (Lipinski definition) is 3. The van der Waals surface area contributed by atoms with Gasteiger partial charge in [0, 0.05) is 37.0 Å². The van der Waals surface area contributed by atoms with Gasteiger partial charge in [0.25, 0.3) is 0 Å². The van der Waals surface area contributed by atoms with E-state index in [-0.39, 0.29) is 36.9 Å². The monoisotopic (exact) mass is 673 g/mol. The molecule has 5 rings (SSSR count). The predicted octanol–water partition coefficient (Wildman–Crippen LogP) is 7.46. The van der Waals surface area contributed by atoms with Crippen molar-refractivity contribution in [2.45, 2.75) is 134 Å². The first-order chi connectivity index (χ1) is 23.8. The van der Waals surface area contributed by atoms with Crippen LogP contribution in [0.15, 0.2) is 36.5 Å². The van der Waals surface area contributed by atoms with Crippen molar-refractivity contribution in [2.75, 3.05) is 30.3 Å². The molecule has 2 atom stereocenters. The van der Waals surface area contributed by atoms with Crippen molar-refractivity contribution in [3.63, 3.8) is 0 Å². The second-order valence-electron chi connectivity index (χ2n) is 14.4. The van der Waals surface area contributed by atoms with Crippen molar-refractivity contribution in [1.29, 1.82) is 0 Å². The lowest BCUT2D eigenvalue weighted by atomic mass is 9.79. The number of carbonyl (C=O) groups is 4. The van der Waals surface area contributed by atoms with Gasteiger partial charge >= 0.3 is 6.09 Å². The van der Waals surface area contributed by atoms with Crippen molar-refractivity contribution < 1.29 is 24.3 Å². The standard InChI is InChI=1S/C39H55N5O5/c1-2-3-4-5-6-7-8-9-10-11-12-13-14-19-35(46)44(32-17-16-23-43(27-32)38(48)49)28-34(45)41-31-21-20-29-25-39(26-30(29)24-31)33-18-15-22-40-36(33)42-37(39)47/h15,18,20-22,24,32H,2-14,16-17,19,23,25-28H2,1H3,(H,41,45)(H,48,49)(H,40,42,47). The summed E-state index contributed by atoms with van der Waals surface area (Å²) in [7, 11) is 0. The minimum atomic E-state index is -0.997. The van der Waals surface area contributed by atoms with Gasteiger partial charge in [-0.25, -0.2) is 9.78 Å². The molecule has 1 spiro atoms. The number of rotatable bonds is 18. The lowest BCUT2D eigenvalue weighted by Gasteiger charge is -2.38. The van der Waals surface area contributed by atoms with Gasteiger partial charge in [0.15, 0.2) is 0 Å². The molecular formula is C39H55N5O5. The molecule has 4 amide bonds. The second kappa shape index (κ2) is 17.6. The van der Waals surface area contributed by atoms with Gasteiger partial charge in [0.1, 0.15) is 12.4 Å². The van der Waals surface area contributed by atoms with Crippen LogP contribution in [0.5, 0.6) is 0 Å². The molecule has 2 aromatic rings. The van der Waals surface area contributed by atoms with E-state index < -0.39 is 11.5 Å². The summed E-state index contributed by atoms with van der Waals surface area (Å²) >= 11 is 0. The Kier molecular flexibility index (Phi) is 13.1. The van der Waals surface area contributed by atoms with Gasteiger partial charge in [-0.05, 0) is 61.4 Å². The SMILES string of the molecule is CCCCCCCCCCCCCCCC(=O)N(CC(=O)Nc1ccc2c(c1)CC1(C2)C(=O)Nc2ncccc21)C1CCCN(C(=O)O)C1. The summed E-state index contributed by atoms with van der Waals surface area (Å²) in [5.74, 6) is 0.156. The first kappa shape index (κ1) is 36.3. The molecule has 1 aliphatic carbocycles. The third kappa shape index (κ3) is 9.40. The van der Waals surface area contributed by atoms with Crippen LogP contribution < -0.4 is 10.6 Å². The molecule has 10 nitrogen and oxygen atoms in total. The van der Waals surface area contributed by atoms with E-state index in [1.54, 1.807) is 11.1 Å². The minimum absolute atomic E-state index is 0.0523. The van der Waals surface area contributed by atoms with Gasteiger partial charge in [-0.15, -0.1) is 0 Å². The number of pyridine rings is 1. The third-order valence-corrected chi connectivity index (χ3v) is 10.7. The molecule has 3 heterocycles. The van der Waals surface area contributed by atoms with Gasteiger partial charge in [0.05, 0.1) is 11.5 Å². The van der Waals surface area contributed by atoms with E-state index in [4.69, 9.17) is 0 Å². The highest BCUT2D eigenvalue weighted by atomic mass is 16.4. The number of unbranched alkanes of at least 4 members (excludes halogenated alkanes) is 12. The minimum Gasteiger partial charge on any atom is -0.465 e. The molecule has 2 aliphatic heterocycles. The van der Waals surface area contributed by atoms with Gasteiger partial charge in [-0.1, -0.05) is 96.1 Å². The Bertz CT molecular complexity index is 1460. The molecule has 10 heteroatoms. The molecule has 0 radical (unpaired) electrons. The maximum absolute atomic E-state index is 13.6. The van der Waals surface area contributed by atoms with Crippen LogP contribution in [-0.4, -0.2) is 69.4 Å². The summed E-state index contributed by atoms with van der Waals surface area (Å²) in [5.41, 5.74) is 2.90. The van der Waals surface area contributed by atoms with Crippen molar-refractivity contribution in [3.8, 4) is 0 Å².